The normalized spacial score (nSPS) is 17.0. The van der Waals surface area contributed by atoms with Gasteiger partial charge in [0.15, 0.2) is 0 Å². The second kappa shape index (κ2) is 4.64. The average molecular weight is 212 g/mol. The first-order chi connectivity index (χ1) is 7.12. The van der Waals surface area contributed by atoms with E-state index in [0.29, 0.717) is 25.8 Å². The fraction of sp³-hybridized carbons (Fsp3) is 0.818. The maximum atomic E-state index is 11.9. The summed E-state index contributed by atoms with van der Waals surface area (Å²) in [6, 6.07) is 0. The molecule has 0 bridgehead atoms. The highest BCUT2D eigenvalue weighted by Gasteiger charge is 2.44. The highest BCUT2D eigenvalue weighted by molar-refractivity contribution is 5.92. The van der Waals surface area contributed by atoms with Crippen LogP contribution in [0.4, 0.5) is 0 Å². The summed E-state index contributed by atoms with van der Waals surface area (Å²) in [4.78, 5) is 25.4. The van der Waals surface area contributed by atoms with E-state index in [1.807, 2.05) is 13.8 Å². The van der Waals surface area contributed by atoms with Crippen LogP contribution >= 0.6 is 0 Å². The molecule has 0 unspecified atom stereocenters. The fourth-order valence-electron chi connectivity index (χ4n) is 2.41. The summed E-state index contributed by atoms with van der Waals surface area (Å²) in [5.41, 5.74) is -0.623. The number of carbonyl (C=O) groups is 2. The van der Waals surface area contributed by atoms with Crippen LogP contribution in [0, 0.1) is 0 Å². The fourth-order valence-corrected chi connectivity index (χ4v) is 2.41. The Morgan fingerprint density at radius 1 is 1.47 bits per heavy atom. The predicted molar refractivity (Wildman–Crippen MR) is 58.3 cm³/mol. The van der Waals surface area contributed by atoms with Gasteiger partial charge in [0.25, 0.3) is 0 Å². The van der Waals surface area contributed by atoms with Gasteiger partial charge in [0.2, 0.25) is 11.8 Å². The van der Waals surface area contributed by atoms with Crippen molar-refractivity contribution >= 4 is 11.8 Å². The Hall–Kier alpha value is -1.06. The Morgan fingerprint density at radius 3 is 2.40 bits per heavy atom. The van der Waals surface area contributed by atoms with Crippen LogP contribution in [0.1, 0.15) is 39.5 Å². The Kier molecular flexibility index (Phi) is 3.72. The molecule has 0 aromatic carbocycles. The molecule has 86 valence electrons. The number of carbonyl (C=O) groups excluding carboxylic acids is 2. The summed E-state index contributed by atoms with van der Waals surface area (Å²) in [5.74, 6) is 0.0741. The molecule has 4 nitrogen and oxygen atoms in total. The van der Waals surface area contributed by atoms with Crippen LogP contribution in [-0.2, 0) is 9.59 Å². The van der Waals surface area contributed by atoms with Crippen molar-refractivity contribution in [2.75, 3.05) is 13.6 Å². The van der Waals surface area contributed by atoms with Crippen LogP contribution in [0.2, 0.25) is 0 Å². The molecule has 1 fully saturated rings. The summed E-state index contributed by atoms with van der Waals surface area (Å²) in [5, 5.41) is 2.67. The van der Waals surface area contributed by atoms with E-state index in [4.69, 9.17) is 0 Å². The van der Waals surface area contributed by atoms with E-state index >= 15 is 0 Å². The lowest BCUT2D eigenvalue weighted by atomic mass is 9.89. The molecule has 0 radical (unpaired) electrons. The van der Waals surface area contributed by atoms with Crippen LogP contribution in [0.15, 0.2) is 0 Å². The number of hydrogen-bond donors (Lipinski definition) is 1. The van der Waals surface area contributed by atoms with Gasteiger partial charge in [-0.15, -0.1) is 0 Å². The van der Waals surface area contributed by atoms with Crippen LogP contribution in [0.25, 0.3) is 0 Å². The molecule has 0 spiro atoms. The SMILES string of the molecule is CCC(CC)(C(=O)NC)N1CCCC1=O. The number of hydrogen-bond acceptors (Lipinski definition) is 2. The number of nitrogens with one attached hydrogen (secondary N) is 1. The van der Waals surface area contributed by atoms with E-state index in [9.17, 15) is 9.59 Å². The lowest BCUT2D eigenvalue weighted by Crippen LogP contribution is -2.58. The Labute approximate surface area is 91.0 Å². The third kappa shape index (κ3) is 1.85. The standard InChI is InChI=1S/C11H20N2O2/c1-4-11(5-2,10(15)12-3)13-8-6-7-9(13)14/h4-8H2,1-3H3,(H,12,15). The third-order valence-corrected chi connectivity index (χ3v) is 3.41. The van der Waals surface area contributed by atoms with Gasteiger partial charge < -0.3 is 10.2 Å². The van der Waals surface area contributed by atoms with Crippen LogP contribution in [0.5, 0.6) is 0 Å². The first kappa shape index (κ1) is 12.0. The monoisotopic (exact) mass is 212 g/mol. The molecule has 0 aromatic rings. The van der Waals surface area contributed by atoms with Gasteiger partial charge in [-0.05, 0) is 19.3 Å². The van der Waals surface area contributed by atoms with Crippen molar-refractivity contribution in [1.82, 2.24) is 10.2 Å². The summed E-state index contributed by atoms with van der Waals surface area (Å²) in [6.45, 7) is 4.64. The van der Waals surface area contributed by atoms with E-state index in [-0.39, 0.29) is 11.8 Å². The van der Waals surface area contributed by atoms with E-state index in [1.165, 1.54) is 0 Å². The quantitative estimate of drug-likeness (QED) is 0.753. The molecule has 1 aliphatic rings. The molecule has 2 amide bonds. The first-order valence-electron chi connectivity index (χ1n) is 5.65. The molecule has 1 N–H and O–H groups in total. The number of likely N-dealkylation sites (N-methyl/N-ethyl adjacent to an activating group) is 1. The molecule has 0 aromatic heterocycles. The predicted octanol–water partition coefficient (Wildman–Crippen LogP) is 0.914. The molecule has 1 rings (SSSR count). The lowest BCUT2D eigenvalue weighted by Gasteiger charge is -2.38. The molecule has 0 atom stereocenters. The second-order valence-corrected chi connectivity index (χ2v) is 3.97. The molecular weight excluding hydrogens is 192 g/mol. The van der Waals surface area contributed by atoms with Crippen LogP contribution < -0.4 is 5.32 Å². The summed E-state index contributed by atoms with van der Waals surface area (Å²) < 4.78 is 0. The van der Waals surface area contributed by atoms with Crippen molar-refractivity contribution in [1.29, 1.82) is 0 Å². The average Bonchev–Trinajstić information content (AvgIpc) is 2.68. The van der Waals surface area contributed by atoms with Crippen molar-refractivity contribution in [3.63, 3.8) is 0 Å². The van der Waals surface area contributed by atoms with Crippen molar-refractivity contribution in [3.8, 4) is 0 Å². The van der Waals surface area contributed by atoms with Gasteiger partial charge in [-0.25, -0.2) is 0 Å². The Balaban J connectivity index is 2.98. The number of amides is 2. The summed E-state index contributed by atoms with van der Waals surface area (Å²) in [6.07, 6.45) is 2.81. The minimum Gasteiger partial charge on any atom is -0.357 e. The minimum atomic E-state index is -0.623. The molecule has 0 aliphatic carbocycles. The largest absolute Gasteiger partial charge is 0.357 e. The van der Waals surface area contributed by atoms with E-state index < -0.39 is 5.54 Å². The highest BCUT2D eigenvalue weighted by atomic mass is 16.2. The smallest absolute Gasteiger partial charge is 0.245 e. The molecule has 0 saturated carbocycles. The number of rotatable bonds is 4. The zero-order chi connectivity index (χ0) is 11.5. The van der Waals surface area contributed by atoms with Crippen LogP contribution in [-0.4, -0.2) is 35.8 Å². The Morgan fingerprint density at radius 2 is 2.07 bits per heavy atom. The maximum Gasteiger partial charge on any atom is 0.245 e. The van der Waals surface area contributed by atoms with Gasteiger partial charge in [-0.1, -0.05) is 13.8 Å². The van der Waals surface area contributed by atoms with Crippen molar-refractivity contribution < 1.29 is 9.59 Å². The second-order valence-electron chi connectivity index (χ2n) is 3.97. The van der Waals surface area contributed by atoms with Gasteiger partial charge in [0.05, 0.1) is 0 Å². The van der Waals surface area contributed by atoms with E-state index in [0.717, 1.165) is 6.42 Å². The van der Waals surface area contributed by atoms with Crippen molar-refractivity contribution in [2.45, 2.75) is 45.1 Å². The molecule has 1 aliphatic heterocycles. The lowest BCUT2D eigenvalue weighted by molar-refractivity contribution is -0.145. The number of likely N-dealkylation sites (tertiary alicyclic amines) is 1. The van der Waals surface area contributed by atoms with Gasteiger partial charge in [0, 0.05) is 20.0 Å². The molecule has 1 saturated heterocycles. The molecule has 4 heteroatoms. The van der Waals surface area contributed by atoms with Gasteiger partial charge >= 0.3 is 0 Å². The van der Waals surface area contributed by atoms with Crippen molar-refractivity contribution in [3.05, 3.63) is 0 Å². The zero-order valence-electron chi connectivity index (χ0n) is 9.80. The highest BCUT2D eigenvalue weighted by Crippen LogP contribution is 2.29. The molecule has 15 heavy (non-hydrogen) atoms. The first-order valence-corrected chi connectivity index (χ1v) is 5.65. The third-order valence-electron chi connectivity index (χ3n) is 3.41. The van der Waals surface area contributed by atoms with E-state index in [1.54, 1.807) is 11.9 Å². The summed E-state index contributed by atoms with van der Waals surface area (Å²) >= 11 is 0. The summed E-state index contributed by atoms with van der Waals surface area (Å²) in [7, 11) is 1.63. The maximum absolute atomic E-state index is 11.9. The minimum absolute atomic E-state index is 0.0391. The van der Waals surface area contributed by atoms with E-state index in [2.05, 4.69) is 5.32 Å². The Bertz CT molecular complexity index is 259. The van der Waals surface area contributed by atoms with Crippen molar-refractivity contribution in [2.24, 2.45) is 0 Å². The zero-order valence-corrected chi connectivity index (χ0v) is 9.80. The number of nitrogens with zero attached hydrogens (tertiary/aromatic N) is 1. The van der Waals surface area contributed by atoms with Gasteiger partial charge in [-0.2, -0.15) is 0 Å². The van der Waals surface area contributed by atoms with Gasteiger partial charge in [0.1, 0.15) is 5.54 Å². The molecular formula is C11H20N2O2. The topological polar surface area (TPSA) is 49.4 Å². The van der Waals surface area contributed by atoms with Crippen LogP contribution in [0.3, 0.4) is 0 Å². The van der Waals surface area contributed by atoms with Gasteiger partial charge in [-0.3, -0.25) is 9.59 Å². The molecule has 1 heterocycles.